The predicted molar refractivity (Wildman–Crippen MR) is 85.1 cm³/mol. The Morgan fingerprint density at radius 1 is 1.23 bits per heavy atom. The second-order valence-electron chi connectivity index (χ2n) is 4.37. The second kappa shape index (κ2) is 7.06. The largest absolute Gasteiger partial charge is 0.494 e. The maximum atomic E-state index is 10.9. The molecule has 0 saturated heterocycles. The van der Waals surface area contributed by atoms with Crippen LogP contribution < -0.4 is 10.2 Å². The van der Waals surface area contributed by atoms with E-state index in [0.717, 1.165) is 11.3 Å². The van der Waals surface area contributed by atoms with Crippen LogP contribution in [0.1, 0.15) is 12.5 Å². The number of anilines is 1. The Labute approximate surface area is 129 Å². The lowest BCUT2D eigenvalue weighted by Gasteiger charge is -2.03. The van der Waals surface area contributed by atoms with Crippen molar-refractivity contribution in [3.63, 3.8) is 0 Å². The van der Waals surface area contributed by atoms with E-state index >= 15 is 0 Å². The number of nitrogens with zero attached hydrogens (tertiary/aromatic N) is 1. The zero-order valence-corrected chi connectivity index (χ0v) is 12.7. The quantitative estimate of drug-likeness (QED) is 0.485. The molecule has 0 aliphatic rings. The maximum Gasteiger partial charge on any atom is 0.294 e. The van der Waals surface area contributed by atoms with E-state index in [0.29, 0.717) is 12.3 Å². The summed E-state index contributed by atoms with van der Waals surface area (Å²) in [6, 6.07) is 13.1. The summed E-state index contributed by atoms with van der Waals surface area (Å²) in [4.78, 5) is -0.161. The van der Waals surface area contributed by atoms with E-state index in [-0.39, 0.29) is 4.90 Å². The smallest absolute Gasteiger partial charge is 0.294 e. The summed E-state index contributed by atoms with van der Waals surface area (Å²) in [5, 5.41) is 4.06. The van der Waals surface area contributed by atoms with Gasteiger partial charge in [0.2, 0.25) is 0 Å². The Morgan fingerprint density at radius 2 is 1.95 bits per heavy atom. The summed E-state index contributed by atoms with van der Waals surface area (Å²) in [6.45, 7) is 2.51. The molecule has 0 aliphatic heterocycles. The molecule has 0 amide bonds. The first-order valence-electron chi connectivity index (χ1n) is 6.58. The van der Waals surface area contributed by atoms with Crippen LogP contribution >= 0.6 is 0 Å². The molecule has 0 aromatic heterocycles. The SMILES string of the molecule is CCOc1cccc(C=NNc2ccc(S(=O)(=O)O)cc2)c1. The van der Waals surface area contributed by atoms with Crippen molar-refractivity contribution < 1.29 is 17.7 Å². The van der Waals surface area contributed by atoms with Crippen molar-refractivity contribution >= 4 is 22.0 Å². The van der Waals surface area contributed by atoms with E-state index in [4.69, 9.17) is 9.29 Å². The van der Waals surface area contributed by atoms with Crippen molar-refractivity contribution in [2.24, 2.45) is 5.10 Å². The molecule has 0 spiro atoms. The minimum Gasteiger partial charge on any atom is -0.494 e. The lowest BCUT2D eigenvalue weighted by Crippen LogP contribution is -1.98. The summed E-state index contributed by atoms with van der Waals surface area (Å²) in [5.74, 6) is 0.768. The number of hydrazone groups is 1. The van der Waals surface area contributed by atoms with E-state index in [2.05, 4.69) is 10.5 Å². The van der Waals surface area contributed by atoms with E-state index in [1.165, 1.54) is 24.3 Å². The second-order valence-corrected chi connectivity index (χ2v) is 5.80. The van der Waals surface area contributed by atoms with Crippen LogP contribution in [-0.2, 0) is 10.1 Å². The van der Waals surface area contributed by atoms with Crippen molar-refractivity contribution in [3.8, 4) is 5.75 Å². The third-order valence-electron chi connectivity index (χ3n) is 2.73. The van der Waals surface area contributed by atoms with Crippen LogP contribution in [0.4, 0.5) is 5.69 Å². The lowest BCUT2D eigenvalue weighted by atomic mass is 10.2. The fourth-order valence-electron chi connectivity index (χ4n) is 1.73. The molecule has 0 bridgehead atoms. The summed E-state index contributed by atoms with van der Waals surface area (Å²) in [7, 11) is -4.17. The van der Waals surface area contributed by atoms with Crippen LogP contribution in [0.15, 0.2) is 58.5 Å². The molecule has 0 fully saturated rings. The summed E-state index contributed by atoms with van der Waals surface area (Å²) in [6.07, 6.45) is 1.62. The van der Waals surface area contributed by atoms with Gasteiger partial charge >= 0.3 is 0 Å². The van der Waals surface area contributed by atoms with Gasteiger partial charge in [-0.15, -0.1) is 0 Å². The minimum absolute atomic E-state index is 0.161. The van der Waals surface area contributed by atoms with E-state index in [1.54, 1.807) is 6.21 Å². The molecule has 0 radical (unpaired) electrons. The van der Waals surface area contributed by atoms with Crippen LogP contribution in [0.5, 0.6) is 5.75 Å². The van der Waals surface area contributed by atoms with Crippen LogP contribution in [0.25, 0.3) is 0 Å². The molecule has 7 heteroatoms. The average Bonchev–Trinajstić information content (AvgIpc) is 2.48. The molecular formula is C15H16N2O4S. The average molecular weight is 320 g/mol. The highest BCUT2D eigenvalue weighted by Gasteiger charge is 2.07. The number of rotatable bonds is 6. The molecule has 6 nitrogen and oxygen atoms in total. The van der Waals surface area contributed by atoms with Gasteiger partial charge in [-0.1, -0.05) is 12.1 Å². The highest BCUT2D eigenvalue weighted by atomic mass is 32.2. The Bertz CT molecular complexity index is 755. The Kier molecular flexibility index (Phi) is 5.13. The molecular weight excluding hydrogens is 304 g/mol. The first-order chi connectivity index (χ1) is 10.5. The predicted octanol–water partition coefficient (Wildman–Crippen LogP) is 2.78. The normalized spacial score (nSPS) is 11.5. The third-order valence-corrected chi connectivity index (χ3v) is 3.60. The molecule has 0 heterocycles. The van der Waals surface area contributed by atoms with E-state index < -0.39 is 10.1 Å². The van der Waals surface area contributed by atoms with Gasteiger partial charge in [0.05, 0.1) is 23.4 Å². The van der Waals surface area contributed by atoms with Crippen LogP contribution in [0.3, 0.4) is 0 Å². The minimum atomic E-state index is -4.17. The third kappa shape index (κ3) is 4.57. The first kappa shape index (κ1) is 16.0. The number of benzene rings is 2. The zero-order chi connectivity index (χ0) is 16.0. The Hall–Kier alpha value is -2.38. The lowest BCUT2D eigenvalue weighted by molar-refractivity contribution is 0.340. The molecule has 22 heavy (non-hydrogen) atoms. The van der Waals surface area contributed by atoms with Gasteiger partial charge in [0.15, 0.2) is 0 Å². The van der Waals surface area contributed by atoms with Crippen molar-refractivity contribution in [1.82, 2.24) is 0 Å². The van der Waals surface area contributed by atoms with E-state index in [1.807, 2.05) is 31.2 Å². The summed E-state index contributed by atoms with van der Waals surface area (Å²) < 4.78 is 36.1. The van der Waals surface area contributed by atoms with Crippen molar-refractivity contribution in [1.29, 1.82) is 0 Å². The molecule has 116 valence electrons. The van der Waals surface area contributed by atoms with E-state index in [9.17, 15) is 8.42 Å². The molecule has 0 unspecified atom stereocenters. The summed E-state index contributed by atoms with van der Waals surface area (Å²) in [5.41, 5.74) is 4.25. The fraction of sp³-hybridized carbons (Fsp3) is 0.133. The maximum absolute atomic E-state index is 10.9. The van der Waals surface area contributed by atoms with Gasteiger partial charge < -0.3 is 4.74 Å². The van der Waals surface area contributed by atoms with Gasteiger partial charge in [0, 0.05) is 0 Å². The molecule has 0 atom stereocenters. The number of hydrogen-bond donors (Lipinski definition) is 2. The summed E-state index contributed by atoms with van der Waals surface area (Å²) >= 11 is 0. The highest BCUT2D eigenvalue weighted by Crippen LogP contribution is 2.14. The van der Waals surface area contributed by atoms with Gasteiger partial charge in [-0.3, -0.25) is 9.98 Å². The molecule has 0 saturated carbocycles. The fourth-order valence-corrected chi connectivity index (χ4v) is 2.21. The standard InChI is InChI=1S/C15H16N2O4S/c1-2-21-14-5-3-4-12(10-14)11-16-17-13-6-8-15(9-7-13)22(18,19)20/h3-11,17H,2H2,1H3,(H,18,19,20). The number of nitrogens with one attached hydrogen (secondary N) is 1. The van der Waals surface area contributed by atoms with Crippen LogP contribution in [0.2, 0.25) is 0 Å². The zero-order valence-electron chi connectivity index (χ0n) is 11.9. The molecule has 2 aromatic rings. The highest BCUT2D eigenvalue weighted by molar-refractivity contribution is 7.85. The molecule has 2 aromatic carbocycles. The monoisotopic (exact) mass is 320 g/mol. The van der Waals surface area contributed by atoms with Gasteiger partial charge in [0.25, 0.3) is 10.1 Å². The van der Waals surface area contributed by atoms with Crippen LogP contribution in [-0.4, -0.2) is 25.8 Å². The van der Waals surface area contributed by atoms with Crippen LogP contribution in [0, 0.1) is 0 Å². The Balaban J connectivity index is 2.02. The van der Waals surface area contributed by atoms with Gasteiger partial charge in [-0.05, 0) is 48.9 Å². The van der Waals surface area contributed by atoms with Crippen molar-refractivity contribution in [2.75, 3.05) is 12.0 Å². The number of hydrogen-bond acceptors (Lipinski definition) is 5. The first-order valence-corrected chi connectivity index (χ1v) is 8.02. The molecule has 2 N–H and O–H groups in total. The van der Waals surface area contributed by atoms with Gasteiger partial charge in [-0.25, -0.2) is 0 Å². The van der Waals surface area contributed by atoms with Gasteiger partial charge in [0.1, 0.15) is 5.75 Å². The molecule has 2 rings (SSSR count). The topological polar surface area (TPSA) is 88.0 Å². The Morgan fingerprint density at radius 3 is 2.59 bits per heavy atom. The number of ether oxygens (including phenoxy) is 1. The van der Waals surface area contributed by atoms with Gasteiger partial charge in [-0.2, -0.15) is 13.5 Å². The molecule has 0 aliphatic carbocycles. The van der Waals surface area contributed by atoms with Crippen molar-refractivity contribution in [3.05, 3.63) is 54.1 Å². The van der Waals surface area contributed by atoms with Crippen molar-refractivity contribution in [2.45, 2.75) is 11.8 Å².